The number of ether oxygens (including phenoxy) is 1. The number of carbonyl (C=O) groups excluding carboxylic acids is 2. The van der Waals surface area contributed by atoms with Crippen LogP contribution in [0.2, 0.25) is 0 Å². The van der Waals surface area contributed by atoms with Gasteiger partial charge in [0.05, 0.1) is 18.6 Å². The van der Waals surface area contributed by atoms with E-state index in [1.54, 1.807) is 4.90 Å². The van der Waals surface area contributed by atoms with Crippen LogP contribution in [-0.2, 0) is 9.53 Å². The predicted molar refractivity (Wildman–Crippen MR) is 74.0 cm³/mol. The Morgan fingerprint density at radius 2 is 1.81 bits per heavy atom. The minimum Gasteiger partial charge on any atom is -0.478 e. The van der Waals surface area contributed by atoms with Gasteiger partial charge in [-0.3, -0.25) is 9.59 Å². The fraction of sp³-hybridized carbons (Fsp3) is 0.400. The first-order chi connectivity index (χ1) is 10.0. The van der Waals surface area contributed by atoms with Crippen molar-refractivity contribution >= 4 is 17.8 Å². The maximum Gasteiger partial charge on any atom is 0.335 e. The third-order valence-corrected chi connectivity index (χ3v) is 3.62. The minimum absolute atomic E-state index is 0.137. The molecule has 1 fully saturated rings. The molecule has 0 unspecified atom stereocenters. The van der Waals surface area contributed by atoms with E-state index in [-0.39, 0.29) is 23.4 Å². The molecule has 0 saturated carbocycles. The zero-order chi connectivity index (χ0) is 15.4. The molecule has 1 aromatic carbocycles. The van der Waals surface area contributed by atoms with Crippen LogP contribution >= 0.6 is 0 Å². The molecule has 1 N–H and O–H groups in total. The molecule has 1 aliphatic heterocycles. The summed E-state index contributed by atoms with van der Waals surface area (Å²) in [5, 5.41) is 8.84. The Kier molecular flexibility index (Phi) is 4.57. The molecule has 21 heavy (non-hydrogen) atoms. The number of rotatable bonds is 3. The molecule has 1 atom stereocenters. The van der Waals surface area contributed by atoms with E-state index in [2.05, 4.69) is 0 Å². The fourth-order valence-electron chi connectivity index (χ4n) is 2.46. The van der Waals surface area contributed by atoms with Gasteiger partial charge in [0.25, 0.3) is 5.91 Å². The number of esters is 1. The smallest absolute Gasteiger partial charge is 0.335 e. The van der Waals surface area contributed by atoms with Gasteiger partial charge in [0.1, 0.15) is 0 Å². The summed E-state index contributed by atoms with van der Waals surface area (Å²) < 4.78 is 4.72. The largest absolute Gasteiger partial charge is 0.478 e. The van der Waals surface area contributed by atoms with Gasteiger partial charge in [0.2, 0.25) is 0 Å². The first-order valence-corrected chi connectivity index (χ1v) is 6.73. The molecule has 6 heteroatoms. The van der Waals surface area contributed by atoms with Gasteiger partial charge >= 0.3 is 11.9 Å². The second kappa shape index (κ2) is 6.39. The summed E-state index contributed by atoms with van der Waals surface area (Å²) in [7, 11) is 1.34. The molecule has 2 rings (SSSR count). The third kappa shape index (κ3) is 3.39. The molecule has 1 aliphatic rings. The summed E-state index contributed by atoms with van der Waals surface area (Å²) in [4.78, 5) is 36.3. The molecular weight excluding hydrogens is 274 g/mol. The van der Waals surface area contributed by atoms with Gasteiger partial charge in [-0.05, 0) is 37.1 Å². The maximum absolute atomic E-state index is 12.4. The average Bonchev–Trinajstić information content (AvgIpc) is 2.53. The monoisotopic (exact) mass is 291 g/mol. The topological polar surface area (TPSA) is 83.9 Å². The highest BCUT2D eigenvalue weighted by molar-refractivity contribution is 5.96. The molecule has 0 spiro atoms. The normalized spacial score (nSPS) is 18.1. The Morgan fingerprint density at radius 1 is 1.19 bits per heavy atom. The highest BCUT2D eigenvalue weighted by atomic mass is 16.5. The zero-order valence-corrected chi connectivity index (χ0v) is 11.7. The van der Waals surface area contributed by atoms with Gasteiger partial charge in [0.15, 0.2) is 0 Å². The number of nitrogens with zero attached hydrogens (tertiary/aromatic N) is 1. The minimum atomic E-state index is -1.03. The predicted octanol–water partition coefficient (Wildman–Crippen LogP) is 1.41. The second-order valence-corrected chi connectivity index (χ2v) is 5.00. The van der Waals surface area contributed by atoms with Crippen molar-refractivity contribution in [3.8, 4) is 0 Å². The zero-order valence-electron chi connectivity index (χ0n) is 11.7. The summed E-state index contributed by atoms with van der Waals surface area (Å²) >= 11 is 0. The summed E-state index contributed by atoms with van der Waals surface area (Å²) in [5.41, 5.74) is 0.558. The Hall–Kier alpha value is -2.37. The summed E-state index contributed by atoms with van der Waals surface area (Å²) in [6.45, 7) is 0.930. The fourth-order valence-corrected chi connectivity index (χ4v) is 2.46. The van der Waals surface area contributed by atoms with E-state index in [0.29, 0.717) is 25.1 Å². The lowest BCUT2D eigenvalue weighted by atomic mass is 9.97. The Bertz CT molecular complexity index is 552. The lowest BCUT2D eigenvalue weighted by Gasteiger charge is -2.31. The highest BCUT2D eigenvalue weighted by Gasteiger charge is 2.29. The van der Waals surface area contributed by atoms with E-state index in [1.165, 1.54) is 31.4 Å². The van der Waals surface area contributed by atoms with Crippen LogP contribution in [-0.4, -0.2) is 48.1 Å². The number of hydrogen-bond donors (Lipinski definition) is 1. The lowest BCUT2D eigenvalue weighted by molar-refractivity contribution is -0.146. The number of likely N-dealkylation sites (tertiary alicyclic amines) is 1. The molecule has 0 aromatic heterocycles. The number of carbonyl (C=O) groups is 3. The van der Waals surface area contributed by atoms with E-state index in [1.807, 2.05) is 0 Å². The van der Waals surface area contributed by atoms with Gasteiger partial charge in [-0.15, -0.1) is 0 Å². The van der Waals surface area contributed by atoms with Crippen molar-refractivity contribution in [3.05, 3.63) is 35.4 Å². The number of methoxy groups -OCH3 is 1. The quantitative estimate of drug-likeness (QED) is 0.851. The average molecular weight is 291 g/mol. The molecule has 1 heterocycles. The van der Waals surface area contributed by atoms with Crippen LogP contribution in [0.1, 0.15) is 33.6 Å². The van der Waals surface area contributed by atoms with Crippen LogP contribution in [0.3, 0.4) is 0 Å². The van der Waals surface area contributed by atoms with Gasteiger partial charge in [0, 0.05) is 18.7 Å². The van der Waals surface area contributed by atoms with Crippen molar-refractivity contribution in [1.29, 1.82) is 0 Å². The molecule has 1 amide bonds. The van der Waals surface area contributed by atoms with Crippen molar-refractivity contribution in [3.63, 3.8) is 0 Å². The maximum atomic E-state index is 12.4. The SMILES string of the molecule is COC(=O)[C@H]1CCCN(C(=O)c2ccc(C(=O)O)cc2)C1. The van der Waals surface area contributed by atoms with Gasteiger partial charge in [-0.25, -0.2) is 4.79 Å². The first-order valence-electron chi connectivity index (χ1n) is 6.73. The van der Waals surface area contributed by atoms with E-state index in [9.17, 15) is 14.4 Å². The van der Waals surface area contributed by atoms with E-state index >= 15 is 0 Å². The van der Waals surface area contributed by atoms with E-state index < -0.39 is 5.97 Å². The number of carboxylic acid groups (broad SMARTS) is 1. The Balaban J connectivity index is 2.08. The summed E-state index contributed by atoms with van der Waals surface area (Å²) in [6.07, 6.45) is 1.47. The molecule has 0 radical (unpaired) electrons. The molecule has 0 bridgehead atoms. The van der Waals surface area contributed by atoms with Crippen molar-refractivity contribution < 1.29 is 24.2 Å². The van der Waals surface area contributed by atoms with Gasteiger partial charge in [-0.2, -0.15) is 0 Å². The highest BCUT2D eigenvalue weighted by Crippen LogP contribution is 2.20. The number of amides is 1. The van der Waals surface area contributed by atoms with Crippen molar-refractivity contribution in [2.75, 3.05) is 20.2 Å². The van der Waals surface area contributed by atoms with Crippen LogP contribution in [0.5, 0.6) is 0 Å². The second-order valence-electron chi connectivity index (χ2n) is 5.00. The molecule has 112 valence electrons. The van der Waals surface area contributed by atoms with E-state index in [0.717, 1.165) is 6.42 Å². The van der Waals surface area contributed by atoms with Crippen LogP contribution in [0.15, 0.2) is 24.3 Å². The lowest BCUT2D eigenvalue weighted by Crippen LogP contribution is -2.42. The van der Waals surface area contributed by atoms with Crippen LogP contribution in [0.25, 0.3) is 0 Å². The molecule has 1 saturated heterocycles. The molecule has 1 aromatic rings. The van der Waals surface area contributed by atoms with E-state index in [4.69, 9.17) is 9.84 Å². The first kappa shape index (κ1) is 15.0. The number of hydrogen-bond acceptors (Lipinski definition) is 4. The standard InChI is InChI=1S/C15H17NO5/c1-21-15(20)12-3-2-8-16(9-12)13(17)10-4-6-11(7-5-10)14(18)19/h4-7,12H,2-3,8-9H2,1H3,(H,18,19)/t12-/m0/s1. The summed E-state index contributed by atoms with van der Waals surface area (Å²) in [6, 6.07) is 5.79. The van der Waals surface area contributed by atoms with Crippen molar-refractivity contribution in [1.82, 2.24) is 4.90 Å². The van der Waals surface area contributed by atoms with Crippen LogP contribution < -0.4 is 0 Å². The van der Waals surface area contributed by atoms with Crippen LogP contribution in [0.4, 0.5) is 0 Å². The molecule has 0 aliphatic carbocycles. The number of piperidine rings is 1. The molecular formula is C15H17NO5. The summed E-state index contributed by atoms with van der Waals surface area (Å²) in [5.74, 6) is -1.81. The van der Waals surface area contributed by atoms with Crippen molar-refractivity contribution in [2.45, 2.75) is 12.8 Å². The number of benzene rings is 1. The van der Waals surface area contributed by atoms with Gasteiger partial charge < -0.3 is 14.7 Å². The number of carboxylic acids is 1. The van der Waals surface area contributed by atoms with Gasteiger partial charge in [-0.1, -0.05) is 0 Å². The van der Waals surface area contributed by atoms with Crippen LogP contribution in [0, 0.1) is 5.92 Å². The Morgan fingerprint density at radius 3 is 2.38 bits per heavy atom. The third-order valence-electron chi connectivity index (χ3n) is 3.62. The van der Waals surface area contributed by atoms with Crippen molar-refractivity contribution in [2.24, 2.45) is 5.92 Å². The molecule has 6 nitrogen and oxygen atoms in total. The Labute approximate surface area is 122 Å². The number of aromatic carboxylic acids is 1.